The Balaban J connectivity index is 1.46. The van der Waals surface area contributed by atoms with Crippen LogP contribution in [0.15, 0.2) is 42.5 Å². The normalized spacial score (nSPS) is 14.6. The van der Waals surface area contributed by atoms with Crippen LogP contribution in [0, 0.1) is 25.2 Å². The molecule has 1 aliphatic rings. The Morgan fingerprint density at radius 2 is 1.85 bits per heavy atom. The molecule has 0 radical (unpaired) electrons. The molecule has 0 unspecified atom stereocenters. The van der Waals surface area contributed by atoms with Crippen LogP contribution >= 0.6 is 0 Å². The first-order chi connectivity index (χ1) is 13.1. The Kier molecular flexibility index (Phi) is 6.10. The molecular formula is C22H26N4O. The molecular weight excluding hydrogens is 336 g/mol. The standard InChI is InChI=1S/C22H26N4O/c1-17-5-3-8-21(18(17)2)26-13-11-25(12-14-26)10-9-22(27)24-20-7-4-6-19(15-20)16-23/h3-8,15H,9-14H2,1-2H3,(H,24,27). The fourth-order valence-electron chi connectivity index (χ4n) is 3.44. The smallest absolute Gasteiger partial charge is 0.225 e. The Labute approximate surface area is 161 Å². The van der Waals surface area contributed by atoms with E-state index in [1.807, 2.05) is 6.07 Å². The minimum absolute atomic E-state index is 0.0120. The molecule has 0 saturated carbocycles. The summed E-state index contributed by atoms with van der Waals surface area (Å²) in [7, 11) is 0. The highest BCUT2D eigenvalue weighted by Gasteiger charge is 2.19. The largest absolute Gasteiger partial charge is 0.369 e. The zero-order valence-corrected chi connectivity index (χ0v) is 16.0. The topological polar surface area (TPSA) is 59.4 Å². The van der Waals surface area contributed by atoms with Gasteiger partial charge in [-0.1, -0.05) is 18.2 Å². The highest BCUT2D eigenvalue weighted by atomic mass is 16.1. The highest BCUT2D eigenvalue weighted by Crippen LogP contribution is 2.23. The van der Waals surface area contributed by atoms with E-state index < -0.39 is 0 Å². The van der Waals surface area contributed by atoms with Gasteiger partial charge in [-0.2, -0.15) is 5.26 Å². The summed E-state index contributed by atoms with van der Waals surface area (Å²) in [6.45, 7) is 8.98. The van der Waals surface area contributed by atoms with E-state index in [-0.39, 0.29) is 5.91 Å². The van der Waals surface area contributed by atoms with Crippen molar-refractivity contribution in [2.24, 2.45) is 0 Å². The molecule has 3 rings (SSSR count). The van der Waals surface area contributed by atoms with Crippen molar-refractivity contribution in [2.45, 2.75) is 20.3 Å². The monoisotopic (exact) mass is 362 g/mol. The fraction of sp³-hybridized carbons (Fsp3) is 0.364. The third-order valence-electron chi connectivity index (χ3n) is 5.22. The van der Waals surface area contributed by atoms with E-state index in [1.54, 1.807) is 18.2 Å². The third kappa shape index (κ3) is 4.87. The van der Waals surface area contributed by atoms with Crippen molar-refractivity contribution in [3.63, 3.8) is 0 Å². The summed E-state index contributed by atoms with van der Waals surface area (Å²) in [5, 5.41) is 11.8. The van der Waals surface area contributed by atoms with Crippen LogP contribution in [0.4, 0.5) is 11.4 Å². The Morgan fingerprint density at radius 1 is 1.11 bits per heavy atom. The van der Waals surface area contributed by atoms with Crippen LogP contribution < -0.4 is 10.2 Å². The van der Waals surface area contributed by atoms with Crippen LogP contribution in [0.1, 0.15) is 23.1 Å². The first kappa shape index (κ1) is 18.9. The molecule has 1 aliphatic heterocycles. The van der Waals surface area contributed by atoms with E-state index in [4.69, 9.17) is 5.26 Å². The number of nitrogens with zero attached hydrogens (tertiary/aromatic N) is 3. The fourth-order valence-corrected chi connectivity index (χ4v) is 3.44. The van der Waals surface area contributed by atoms with Gasteiger partial charge in [0.05, 0.1) is 11.6 Å². The number of piperazine rings is 1. The number of aryl methyl sites for hydroxylation is 1. The number of anilines is 2. The molecule has 2 aromatic rings. The molecule has 1 heterocycles. The van der Waals surface area contributed by atoms with Crippen molar-refractivity contribution in [3.8, 4) is 6.07 Å². The van der Waals surface area contributed by atoms with Gasteiger partial charge in [-0.15, -0.1) is 0 Å². The summed E-state index contributed by atoms with van der Waals surface area (Å²) >= 11 is 0. The molecule has 5 heteroatoms. The predicted octanol–water partition coefficient (Wildman–Crippen LogP) is 3.33. The molecule has 0 aromatic heterocycles. The van der Waals surface area contributed by atoms with Crippen LogP contribution in [-0.4, -0.2) is 43.5 Å². The molecule has 2 aromatic carbocycles. The maximum absolute atomic E-state index is 12.2. The Hall–Kier alpha value is -2.84. The molecule has 140 valence electrons. The third-order valence-corrected chi connectivity index (χ3v) is 5.22. The molecule has 5 nitrogen and oxygen atoms in total. The van der Waals surface area contributed by atoms with Crippen LogP contribution in [0.25, 0.3) is 0 Å². The zero-order valence-electron chi connectivity index (χ0n) is 16.0. The van der Waals surface area contributed by atoms with Gasteiger partial charge >= 0.3 is 0 Å². The first-order valence-electron chi connectivity index (χ1n) is 9.40. The number of hydrogen-bond donors (Lipinski definition) is 1. The molecule has 1 N–H and O–H groups in total. The van der Waals surface area contributed by atoms with Gasteiger partial charge in [0.2, 0.25) is 5.91 Å². The lowest BCUT2D eigenvalue weighted by Crippen LogP contribution is -2.47. The SMILES string of the molecule is Cc1cccc(N2CCN(CCC(=O)Nc3cccc(C#N)c3)CC2)c1C. The number of hydrogen-bond acceptors (Lipinski definition) is 4. The predicted molar refractivity (Wildman–Crippen MR) is 109 cm³/mol. The van der Waals surface area contributed by atoms with E-state index in [9.17, 15) is 4.79 Å². The number of carbonyl (C=O) groups excluding carboxylic acids is 1. The van der Waals surface area contributed by atoms with Gasteiger partial charge in [-0.25, -0.2) is 0 Å². The maximum Gasteiger partial charge on any atom is 0.225 e. The number of carbonyl (C=O) groups is 1. The minimum Gasteiger partial charge on any atom is -0.369 e. The van der Waals surface area contributed by atoms with Crippen molar-refractivity contribution >= 4 is 17.3 Å². The van der Waals surface area contributed by atoms with Gasteiger partial charge in [0.15, 0.2) is 0 Å². The van der Waals surface area contributed by atoms with E-state index in [0.717, 1.165) is 32.7 Å². The van der Waals surface area contributed by atoms with Crippen LogP contribution in [0.5, 0.6) is 0 Å². The molecule has 0 bridgehead atoms. The summed E-state index contributed by atoms with van der Waals surface area (Å²) in [4.78, 5) is 17.0. The second-order valence-electron chi connectivity index (χ2n) is 7.04. The highest BCUT2D eigenvalue weighted by molar-refractivity contribution is 5.91. The van der Waals surface area contributed by atoms with Gasteiger partial charge in [0.25, 0.3) is 0 Å². The number of amides is 1. The molecule has 1 saturated heterocycles. The van der Waals surface area contributed by atoms with Gasteiger partial charge < -0.3 is 10.2 Å². The van der Waals surface area contributed by atoms with Crippen LogP contribution in [0.2, 0.25) is 0 Å². The van der Waals surface area contributed by atoms with E-state index in [2.05, 4.69) is 53.2 Å². The zero-order chi connectivity index (χ0) is 19.2. The molecule has 1 fully saturated rings. The van der Waals surface area contributed by atoms with Crippen molar-refractivity contribution in [1.29, 1.82) is 5.26 Å². The van der Waals surface area contributed by atoms with E-state index >= 15 is 0 Å². The van der Waals surface area contributed by atoms with Crippen molar-refractivity contribution in [3.05, 3.63) is 59.2 Å². The lowest BCUT2D eigenvalue weighted by atomic mass is 10.1. The van der Waals surface area contributed by atoms with Gasteiger partial charge in [-0.3, -0.25) is 9.69 Å². The average Bonchev–Trinajstić information content (AvgIpc) is 2.69. The molecule has 0 aliphatic carbocycles. The van der Waals surface area contributed by atoms with Gasteiger partial charge in [0, 0.05) is 50.5 Å². The summed E-state index contributed by atoms with van der Waals surface area (Å²) in [5.41, 5.74) is 5.23. The average molecular weight is 362 g/mol. The number of rotatable bonds is 5. The molecule has 1 amide bonds. The van der Waals surface area contributed by atoms with Crippen molar-refractivity contribution in [1.82, 2.24) is 4.90 Å². The Bertz CT molecular complexity index is 848. The number of benzene rings is 2. The molecule has 27 heavy (non-hydrogen) atoms. The quantitative estimate of drug-likeness (QED) is 0.886. The van der Waals surface area contributed by atoms with E-state index in [1.165, 1.54) is 16.8 Å². The van der Waals surface area contributed by atoms with E-state index in [0.29, 0.717) is 17.7 Å². The van der Waals surface area contributed by atoms with Gasteiger partial charge in [-0.05, 0) is 49.2 Å². The lowest BCUT2D eigenvalue weighted by Gasteiger charge is -2.37. The number of nitriles is 1. The lowest BCUT2D eigenvalue weighted by molar-refractivity contribution is -0.116. The maximum atomic E-state index is 12.2. The molecule has 0 atom stereocenters. The second-order valence-corrected chi connectivity index (χ2v) is 7.04. The van der Waals surface area contributed by atoms with Gasteiger partial charge in [0.1, 0.15) is 0 Å². The van der Waals surface area contributed by atoms with Crippen molar-refractivity contribution < 1.29 is 4.79 Å². The first-order valence-corrected chi connectivity index (χ1v) is 9.40. The summed E-state index contributed by atoms with van der Waals surface area (Å²) in [6, 6.07) is 15.6. The summed E-state index contributed by atoms with van der Waals surface area (Å²) < 4.78 is 0. The number of nitrogens with one attached hydrogen (secondary N) is 1. The second kappa shape index (κ2) is 8.70. The van der Waals surface area contributed by atoms with Crippen LogP contribution in [-0.2, 0) is 4.79 Å². The van der Waals surface area contributed by atoms with Crippen LogP contribution in [0.3, 0.4) is 0 Å². The summed E-state index contributed by atoms with van der Waals surface area (Å²) in [6.07, 6.45) is 0.459. The molecule has 0 spiro atoms. The van der Waals surface area contributed by atoms with Crippen molar-refractivity contribution in [2.75, 3.05) is 42.9 Å². The summed E-state index contributed by atoms with van der Waals surface area (Å²) in [5.74, 6) is -0.0120. The Morgan fingerprint density at radius 3 is 2.59 bits per heavy atom. The minimum atomic E-state index is -0.0120.